The summed E-state index contributed by atoms with van der Waals surface area (Å²) in [6.45, 7) is 4.17. The molecular formula is C59H109NO3. The zero-order valence-electron chi connectivity index (χ0n) is 42.3. The molecule has 1 amide bonds. The fraction of sp³-hybridized carbons (Fsp3) is 0.814. The Morgan fingerprint density at radius 1 is 0.397 bits per heavy atom. The highest BCUT2D eigenvalue weighted by Gasteiger charge is 2.18. The van der Waals surface area contributed by atoms with Gasteiger partial charge in [-0.05, 0) is 70.6 Å². The van der Waals surface area contributed by atoms with E-state index in [4.69, 9.17) is 0 Å². The molecule has 0 bridgehead atoms. The van der Waals surface area contributed by atoms with Gasteiger partial charge in [-0.15, -0.1) is 0 Å². The van der Waals surface area contributed by atoms with Gasteiger partial charge >= 0.3 is 0 Å². The van der Waals surface area contributed by atoms with Crippen LogP contribution in [0.25, 0.3) is 0 Å². The Balaban J connectivity index is 3.35. The number of nitrogens with one attached hydrogen (secondary N) is 1. The summed E-state index contributed by atoms with van der Waals surface area (Å²) in [5.41, 5.74) is 0. The Morgan fingerprint density at radius 3 is 1.08 bits per heavy atom. The Labute approximate surface area is 394 Å². The number of carbonyl (C=O) groups is 1. The number of carbonyl (C=O) groups excluding carboxylic acids is 1. The summed E-state index contributed by atoms with van der Waals surface area (Å²) in [6, 6.07) is -0.643. The summed E-state index contributed by atoms with van der Waals surface area (Å²) in [6.07, 6.45) is 77.1. The lowest BCUT2D eigenvalue weighted by Gasteiger charge is -2.19. The highest BCUT2D eigenvalue weighted by atomic mass is 16.3. The topological polar surface area (TPSA) is 69.6 Å². The van der Waals surface area contributed by atoms with Crippen LogP contribution in [0.4, 0.5) is 0 Å². The number of allylic oxidation sites excluding steroid dienone is 9. The van der Waals surface area contributed by atoms with Gasteiger partial charge in [0.2, 0.25) is 5.91 Å². The number of amides is 1. The molecular weight excluding hydrogens is 771 g/mol. The summed E-state index contributed by atoms with van der Waals surface area (Å²) >= 11 is 0. The van der Waals surface area contributed by atoms with Gasteiger partial charge in [0.25, 0.3) is 0 Å². The summed E-state index contributed by atoms with van der Waals surface area (Å²) in [7, 11) is 0. The number of rotatable bonds is 51. The van der Waals surface area contributed by atoms with Crippen molar-refractivity contribution in [3.63, 3.8) is 0 Å². The molecule has 0 aliphatic heterocycles. The van der Waals surface area contributed by atoms with Crippen molar-refractivity contribution in [3.8, 4) is 0 Å². The van der Waals surface area contributed by atoms with Crippen molar-refractivity contribution in [2.75, 3.05) is 6.61 Å². The molecule has 0 aromatic carbocycles. The van der Waals surface area contributed by atoms with Crippen LogP contribution in [0.2, 0.25) is 0 Å². The highest BCUT2D eigenvalue weighted by molar-refractivity contribution is 5.76. The van der Waals surface area contributed by atoms with Crippen molar-refractivity contribution in [1.29, 1.82) is 0 Å². The molecule has 63 heavy (non-hydrogen) atoms. The SMILES string of the molecule is CC/C=C/CC/C=C/CC/C=C/C(O)C(CO)NC(=O)CCCCCCCCCCCCCCCCCCCCCCCCCCCCCCC/C=C\C/C=C\CCCCCCC. The van der Waals surface area contributed by atoms with Crippen LogP contribution in [0.1, 0.15) is 290 Å². The molecule has 0 rings (SSSR count). The molecule has 368 valence electrons. The quantitative estimate of drug-likeness (QED) is 0.0421. The first kappa shape index (κ1) is 61.1. The Kier molecular flexibility index (Phi) is 52.8. The van der Waals surface area contributed by atoms with Crippen LogP contribution in [-0.4, -0.2) is 34.9 Å². The Morgan fingerprint density at radius 2 is 0.714 bits per heavy atom. The van der Waals surface area contributed by atoms with E-state index in [1.165, 1.54) is 218 Å². The average molecular weight is 881 g/mol. The van der Waals surface area contributed by atoms with E-state index in [-0.39, 0.29) is 12.5 Å². The van der Waals surface area contributed by atoms with Crippen LogP contribution in [0, 0.1) is 0 Å². The van der Waals surface area contributed by atoms with E-state index in [9.17, 15) is 15.0 Å². The second kappa shape index (κ2) is 54.4. The standard InChI is InChI=1S/C59H109NO3/c1-3-5-7-9-11-13-15-16-17-18-19-20-21-22-23-24-25-26-27-28-29-30-31-32-33-34-35-36-37-38-39-40-41-42-43-44-45-47-49-51-53-55-59(63)60-57(56-61)58(62)54-52-50-48-46-14-12-10-8-6-4-2/h6,8,14-16,18-19,46,52,54,57-58,61-62H,3-5,7,9-13,17,20-45,47-51,53,55-56H2,1-2H3,(H,60,63)/b8-6+,16-15-,19-18-,46-14+,54-52+. The summed E-state index contributed by atoms with van der Waals surface area (Å²) in [4.78, 5) is 12.4. The third-order valence-electron chi connectivity index (χ3n) is 12.7. The lowest BCUT2D eigenvalue weighted by molar-refractivity contribution is -0.123. The van der Waals surface area contributed by atoms with Gasteiger partial charge in [-0.3, -0.25) is 4.79 Å². The second-order valence-electron chi connectivity index (χ2n) is 19.0. The maximum Gasteiger partial charge on any atom is 0.220 e. The number of unbranched alkanes of at least 4 members (excludes halogenated alkanes) is 36. The van der Waals surface area contributed by atoms with E-state index in [0.29, 0.717) is 6.42 Å². The van der Waals surface area contributed by atoms with Gasteiger partial charge in [0.15, 0.2) is 0 Å². The molecule has 4 nitrogen and oxygen atoms in total. The minimum atomic E-state index is -0.868. The average Bonchev–Trinajstić information content (AvgIpc) is 3.29. The maximum absolute atomic E-state index is 12.4. The van der Waals surface area contributed by atoms with Crippen LogP contribution < -0.4 is 5.32 Å². The minimum absolute atomic E-state index is 0.0773. The molecule has 2 unspecified atom stereocenters. The lowest BCUT2D eigenvalue weighted by atomic mass is 10.0. The number of hydrogen-bond donors (Lipinski definition) is 3. The minimum Gasteiger partial charge on any atom is -0.394 e. The van der Waals surface area contributed by atoms with E-state index in [0.717, 1.165) is 51.4 Å². The van der Waals surface area contributed by atoms with E-state index in [1.807, 2.05) is 6.08 Å². The Hall–Kier alpha value is -1.91. The van der Waals surface area contributed by atoms with Crippen molar-refractivity contribution >= 4 is 5.91 Å². The first-order chi connectivity index (χ1) is 31.2. The molecule has 0 saturated carbocycles. The third-order valence-corrected chi connectivity index (χ3v) is 12.7. The predicted molar refractivity (Wildman–Crippen MR) is 281 cm³/mol. The zero-order valence-corrected chi connectivity index (χ0v) is 42.3. The fourth-order valence-corrected chi connectivity index (χ4v) is 8.49. The third kappa shape index (κ3) is 50.9. The first-order valence-electron chi connectivity index (χ1n) is 28.0. The molecule has 0 aromatic rings. The molecule has 0 saturated heterocycles. The summed E-state index contributed by atoms with van der Waals surface area (Å²) in [5, 5.41) is 22.9. The fourth-order valence-electron chi connectivity index (χ4n) is 8.49. The van der Waals surface area contributed by atoms with Gasteiger partial charge < -0.3 is 15.5 Å². The smallest absolute Gasteiger partial charge is 0.220 e. The zero-order chi connectivity index (χ0) is 45.6. The number of aliphatic hydroxyl groups is 2. The number of hydrogen-bond acceptors (Lipinski definition) is 3. The molecule has 3 N–H and O–H groups in total. The van der Waals surface area contributed by atoms with Gasteiger partial charge in [0.1, 0.15) is 0 Å². The highest BCUT2D eigenvalue weighted by Crippen LogP contribution is 2.17. The van der Waals surface area contributed by atoms with Gasteiger partial charge in [0.05, 0.1) is 18.8 Å². The molecule has 0 aromatic heterocycles. The van der Waals surface area contributed by atoms with Gasteiger partial charge in [-0.1, -0.05) is 274 Å². The van der Waals surface area contributed by atoms with Crippen molar-refractivity contribution in [2.24, 2.45) is 0 Å². The number of aliphatic hydroxyl groups excluding tert-OH is 2. The van der Waals surface area contributed by atoms with Crippen molar-refractivity contribution in [3.05, 3.63) is 60.8 Å². The first-order valence-corrected chi connectivity index (χ1v) is 28.0. The summed E-state index contributed by atoms with van der Waals surface area (Å²) in [5.74, 6) is -0.0773. The monoisotopic (exact) mass is 880 g/mol. The Bertz CT molecular complexity index is 1040. The largest absolute Gasteiger partial charge is 0.394 e. The van der Waals surface area contributed by atoms with Gasteiger partial charge in [-0.2, -0.15) is 0 Å². The van der Waals surface area contributed by atoms with E-state index in [2.05, 4.69) is 67.8 Å². The molecule has 0 spiro atoms. The van der Waals surface area contributed by atoms with E-state index in [1.54, 1.807) is 6.08 Å². The van der Waals surface area contributed by atoms with Crippen LogP contribution in [0.15, 0.2) is 60.8 Å². The molecule has 0 aliphatic carbocycles. The van der Waals surface area contributed by atoms with E-state index >= 15 is 0 Å². The predicted octanol–water partition coefficient (Wildman–Crippen LogP) is 18.4. The van der Waals surface area contributed by atoms with Gasteiger partial charge in [0, 0.05) is 6.42 Å². The van der Waals surface area contributed by atoms with Crippen LogP contribution in [0.5, 0.6) is 0 Å². The molecule has 0 aliphatic rings. The molecule has 2 atom stereocenters. The molecule has 0 radical (unpaired) electrons. The van der Waals surface area contributed by atoms with Crippen LogP contribution in [0.3, 0.4) is 0 Å². The summed E-state index contributed by atoms with van der Waals surface area (Å²) < 4.78 is 0. The van der Waals surface area contributed by atoms with Crippen LogP contribution in [-0.2, 0) is 4.79 Å². The lowest BCUT2D eigenvalue weighted by Crippen LogP contribution is -2.45. The second-order valence-corrected chi connectivity index (χ2v) is 19.0. The maximum atomic E-state index is 12.4. The van der Waals surface area contributed by atoms with Crippen LogP contribution >= 0.6 is 0 Å². The van der Waals surface area contributed by atoms with Gasteiger partial charge in [-0.25, -0.2) is 0 Å². The van der Waals surface area contributed by atoms with E-state index < -0.39 is 12.1 Å². The van der Waals surface area contributed by atoms with Crippen molar-refractivity contribution in [2.45, 2.75) is 302 Å². The molecule has 4 heteroatoms. The molecule has 0 heterocycles. The normalized spacial score (nSPS) is 13.3. The van der Waals surface area contributed by atoms with Crippen molar-refractivity contribution in [1.82, 2.24) is 5.32 Å². The molecule has 0 fully saturated rings. The van der Waals surface area contributed by atoms with Crippen molar-refractivity contribution < 1.29 is 15.0 Å².